The fraction of sp³-hybridized carbons (Fsp3) is 0.154. The molecule has 0 atom stereocenters. The molecule has 0 unspecified atom stereocenters. The van der Waals surface area contributed by atoms with Gasteiger partial charge in [-0.05, 0) is 38.1 Å². The van der Waals surface area contributed by atoms with Crippen molar-refractivity contribution in [2.24, 2.45) is 0 Å². The summed E-state index contributed by atoms with van der Waals surface area (Å²) in [5.41, 5.74) is 4.16. The van der Waals surface area contributed by atoms with Crippen molar-refractivity contribution in [1.82, 2.24) is 14.8 Å². The van der Waals surface area contributed by atoms with E-state index in [1.54, 1.807) is 19.9 Å². The van der Waals surface area contributed by atoms with Crippen LogP contribution in [-0.4, -0.2) is 18.4 Å². The maximum absolute atomic E-state index is 12.1. The summed E-state index contributed by atoms with van der Waals surface area (Å²) in [5, 5.41) is 8.80. The first-order valence-corrected chi connectivity index (χ1v) is 7.49. The number of sulfonamides is 1. The second-order valence-corrected chi connectivity index (χ2v) is 6.03. The molecule has 21 heavy (non-hydrogen) atoms. The van der Waals surface area contributed by atoms with E-state index in [1.807, 2.05) is 6.07 Å². The van der Waals surface area contributed by atoms with E-state index in [0.717, 1.165) is 11.4 Å². The first kappa shape index (κ1) is 14.9. The fourth-order valence-electron chi connectivity index (χ4n) is 1.69. The summed E-state index contributed by atoms with van der Waals surface area (Å²) in [6.07, 6.45) is 0. The predicted octanol–water partition coefficient (Wildman–Crippen LogP) is 1.27. The first-order valence-electron chi connectivity index (χ1n) is 6.01. The number of hydrogen-bond acceptors (Lipinski definition) is 6. The summed E-state index contributed by atoms with van der Waals surface area (Å²) >= 11 is 0. The minimum absolute atomic E-state index is 0.0153. The second kappa shape index (κ2) is 5.87. The largest absolute Gasteiger partial charge is 0.276 e. The lowest BCUT2D eigenvalue weighted by atomic mass is 10.2. The molecule has 0 spiro atoms. The maximum atomic E-state index is 12.1. The average molecular weight is 303 g/mol. The highest BCUT2D eigenvalue weighted by atomic mass is 32.2. The van der Waals surface area contributed by atoms with Crippen molar-refractivity contribution >= 4 is 16.0 Å². The third kappa shape index (κ3) is 3.75. The van der Waals surface area contributed by atoms with Gasteiger partial charge >= 0.3 is 0 Å². The molecule has 0 radical (unpaired) electrons. The van der Waals surface area contributed by atoms with Crippen molar-refractivity contribution in [2.45, 2.75) is 18.7 Å². The van der Waals surface area contributed by atoms with Crippen LogP contribution in [0.2, 0.25) is 0 Å². The Bertz CT molecular complexity index is 791. The van der Waals surface area contributed by atoms with Gasteiger partial charge in [-0.25, -0.2) is 18.4 Å². The molecule has 7 nitrogen and oxygen atoms in total. The van der Waals surface area contributed by atoms with E-state index in [-0.39, 0.29) is 16.4 Å². The van der Waals surface area contributed by atoms with E-state index in [1.165, 1.54) is 24.3 Å². The number of benzene rings is 1. The number of aromatic nitrogens is 2. The molecule has 1 aromatic heterocycles. The molecule has 0 fully saturated rings. The summed E-state index contributed by atoms with van der Waals surface area (Å²) in [6.45, 7) is 3.56. The number of nitrogens with one attached hydrogen (secondary N) is 2. The topological polar surface area (TPSA) is 108 Å². The van der Waals surface area contributed by atoms with Gasteiger partial charge in [0.2, 0.25) is 5.95 Å². The van der Waals surface area contributed by atoms with Gasteiger partial charge in [-0.15, -0.1) is 4.83 Å². The lowest BCUT2D eigenvalue weighted by molar-refractivity contribution is 0.587. The van der Waals surface area contributed by atoms with E-state index in [9.17, 15) is 8.42 Å². The van der Waals surface area contributed by atoms with Gasteiger partial charge in [0.25, 0.3) is 10.0 Å². The third-order valence-corrected chi connectivity index (χ3v) is 3.80. The van der Waals surface area contributed by atoms with Crippen LogP contribution in [0.25, 0.3) is 0 Å². The Morgan fingerprint density at radius 3 is 2.43 bits per heavy atom. The second-order valence-electron chi connectivity index (χ2n) is 4.34. The molecule has 1 heterocycles. The van der Waals surface area contributed by atoms with Gasteiger partial charge < -0.3 is 0 Å². The van der Waals surface area contributed by atoms with Gasteiger partial charge in [-0.1, -0.05) is 6.07 Å². The van der Waals surface area contributed by atoms with E-state index < -0.39 is 10.0 Å². The predicted molar refractivity (Wildman–Crippen MR) is 76.6 cm³/mol. The Hall–Kier alpha value is -2.50. The van der Waals surface area contributed by atoms with Crippen molar-refractivity contribution < 1.29 is 8.42 Å². The molecule has 0 amide bonds. The Morgan fingerprint density at radius 2 is 1.81 bits per heavy atom. The standard InChI is InChI=1S/C13H13N5O2S/c1-9-6-10(2)16-13(15-9)17-18-21(19,20)12-5-3-4-11(7-12)8-14/h3-7,18H,1-2H3,(H,15,16,17). The quantitative estimate of drug-likeness (QED) is 0.823. The molecule has 0 aliphatic carbocycles. The van der Waals surface area contributed by atoms with Gasteiger partial charge in [-0.2, -0.15) is 5.26 Å². The lowest BCUT2D eigenvalue weighted by Crippen LogP contribution is -2.30. The Balaban J connectivity index is 2.19. The number of anilines is 1. The van der Waals surface area contributed by atoms with E-state index in [2.05, 4.69) is 20.2 Å². The van der Waals surface area contributed by atoms with Crippen molar-refractivity contribution in [3.63, 3.8) is 0 Å². The molecule has 1 aromatic carbocycles. The summed E-state index contributed by atoms with van der Waals surface area (Å²) in [7, 11) is -3.81. The van der Waals surface area contributed by atoms with Gasteiger partial charge in [0.15, 0.2) is 0 Å². The van der Waals surface area contributed by atoms with Crippen LogP contribution in [0.4, 0.5) is 5.95 Å². The Morgan fingerprint density at radius 1 is 1.14 bits per heavy atom. The molecule has 2 N–H and O–H groups in total. The molecular formula is C13H13N5O2S. The molecule has 0 bridgehead atoms. The third-order valence-electron chi connectivity index (χ3n) is 2.55. The van der Waals surface area contributed by atoms with Crippen LogP contribution < -0.4 is 10.3 Å². The highest BCUT2D eigenvalue weighted by molar-refractivity contribution is 7.89. The molecule has 0 saturated heterocycles. The normalized spacial score (nSPS) is 10.9. The zero-order valence-electron chi connectivity index (χ0n) is 11.5. The number of hydrogen-bond donors (Lipinski definition) is 2. The summed E-state index contributed by atoms with van der Waals surface area (Å²) in [6, 6.07) is 9.37. The average Bonchev–Trinajstić information content (AvgIpc) is 2.44. The number of rotatable bonds is 4. The van der Waals surface area contributed by atoms with Crippen molar-refractivity contribution in [3.8, 4) is 6.07 Å². The number of nitrogens with zero attached hydrogens (tertiary/aromatic N) is 3. The van der Waals surface area contributed by atoms with Crippen LogP contribution in [0.1, 0.15) is 17.0 Å². The van der Waals surface area contributed by atoms with Crippen LogP contribution in [-0.2, 0) is 10.0 Å². The van der Waals surface area contributed by atoms with Crippen LogP contribution in [0, 0.1) is 25.2 Å². The van der Waals surface area contributed by atoms with Gasteiger partial charge in [0.05, 0.1) is 16.5 Å². The SMILES string of the molecule is Cc1cc(C)nc(NNS(=O)(=O)c2cccc(C#N)c2)n1. The van der Waals surface area contributed by atoms with E-state index in [0.29, 0.717) is 0 Å². The highest BCUT2D eigenvalue weighted by Crippen LogP contribution is 2.11. The van der Waals surface area contributed by atoms with E-state index in [4.69, 9.17) is 5.26 Å². The number of hydrazine groups is 1. The van der Waals surface area contributed by atoms with Gasteiger partial charge in [-0.3, -0.25) is 5.43 Å². The smallest absolute Gasteiger partial charge is 0.257 e. The first-order chi connectivity index (χ1) is 9.90. The zero-order chi connectivity index (χ0) is 15.5. The van der Waals surface area contributed by atoms with Crippen molar-refractivity contribution in [2.75, 3.05) is 5.43 Å². The lowest BCUT2D eigenvalue weighted by Gasteiger charge is -2.09. The monoisotopic (exact) mass is 303 g/mol. The summed E-state index contributed by atoms with van der Waals surface area (Å²) < 4.78 is 24.2. The minimum Gasteiger partial charge on any atom is -0.276 e. The number of aryl methyl sites for hydroxylation is 2. The summed E-state index contributed by atoms with van der Waals surface area (Å²) in [4.78, 5) is 10.3. The van der Waals surface area contributed by atoms with Gasteiger partial charge in [0, 0.05) is 11.4 Å². The molecule has 0 aliphatic rings. The summed E-state index contributed by atoms with van der Waals surface area (Å²) in [5.74, 6) is 0.160. The molecule has 2 aromatic rings. The van der Waals surface area contributed by atoms with Crippen molar-refractivity contribution in [3.05, 3.63) is 47.3 Å². The van der Waals surface area contributed by atoms with Crippen LogP contribution >= 0.6 is 0 Å². The molecule has 2 rings (SSSR count). The zero-order valence-corrected chi connectivity index (χ0v) is 12.3. The maximum Gasteiger partial charge on any atom is 0.257 e. The van der Waals surface area contributed by atoms with Crippen LogP contribution in [0.5, 0.6) is 0 Å². The van der Waals surface area contributed by atoms with Crippen LogP contribution in [0.3, 0.4) is 0 Å². The van der Waals surface area contributed by atoms with E-state index >= 15 is 0 Å². The minimum atomic E-state index is -3.81. The van der Waals surface area contributed by atoms with Crippen molar-refractivity contribution in [1.29, 1.82) is 5.26 Å². The number of nitriles is 1. The Labute approximate surface area is 122 Å². The molecule has 108 valence electrons. The van der Waals surface area contributed by atoms with Crippen LogP contribution in [0.15, 0.2) is 35.2 Å². The van der Waals surface area contributed by atoms with Gasteiger partial charge in [0.1, 0.15) is 0 Å². The fourth-order valence-corrected chi connectivity index (χ4v) is 2.57. The molecule has 0 aliphatic heterocycles. The molecule has 0 saturated carbocycles. The Kier molecular flexibility index (Phi) is 4.16. The molecular weight excluding hydrogens is 290 g/mol. The highest BCUT2D eigenvalue weighted by Gasteiger charge is 2.14. The molecule has 8 heteroatoms.